The highest BCUT2D eigenvalue weighted by Gasteiger charge is 2.24. The van der Waals surface area contributed by atoms with Crippen LogP contribution in [0.5, 0.6) is 0 Å². The van der Waals surface area contributed by atoms with E-state index in [9.17, 15) is 14.7 Å². The summed E-state index contributed by atoms with van der Waals surface area (Å²) in [5.74, 6) is -0.0855. The Hall–Kier alpha value is -1.76. The minimum atomic E-state index is -0.496. The Kier molecular flexibility index (Phi) is 5.87. The Morgan fingerprint density at radius 3 is 2.96 bits per heavy atom. The van der Waals surface area contributed by atoms with Crippen LogP contribution in [0.15, 0.2) is 35.4 Å². The maximum Gasteiger partial charge on any atom is 0.261 e. The molecule has 0 aliphatic carbocycles. The second-order valence-corrected chi connectivity index (χ2v) is 5.71. The molecule has 2 aromatic rings. The number of aromatic nitrogens is 2. The molecule has 0 amide bonds. The Morgan fingerprint density at radius 2 is 2.17 bits per heavy atom. The second kappa shape index (κ2) is 7.68. The van der Waals surface area contributed by atoms with Crippen LogP contribution in [0.1, 0.15) is 19.3 Å². The number of nitrogens with zero attached hydrogens (tertiary/aromatic N) is 2. The summed E-state index contributed by atoms with van der Waals surface area (Å²) in [6.45, 7) is 0.800. The van der Waals surface area contributed by atoms with Gasteiger partial charge in [-0.2, -0.15) is 0 Å². The average Bonchev–Trinajstić information content (AvgIpc) is 2.53. The van der Waals surface area contributed by atoms with Crippen molar-refractivity contribution in [2.24, 2.45) is 0 Å². The molecular formula is C16H20ClN3O3. The van der Waals surface area contributed by atoms with E-state index in [2.05, 4.69) is 10.3 Å². The molecule has 3 rings (SSSR count). The zero-order valence-corrected chi connectivity index (χ0v) is 13.5. The lowest BCUT2D eigenvalue weighted by Crippen LogP contribution is -2.46. The van der Waals surface area contributed by atoms with E-state index in [-0.39, 0.29) is 42.8 Å². The number of aliphatic hydroxyl groups is 1. The van der Waals surface area contributed by atoms with Gasteiger partial charge < -0.3 is 10.4 Å². The van der Waals surface area contributed by atoms with E-state index in [0.29, 0.717) is 17.3 Å². The molecule has 0 radical (unpaired) electrons. The third-order valence-corrected chi connectivity index (χ3v) is 4.07. The summed E-state index contributed by atoms with van der Waals surface area (Å²) in [7, 11) is 0. The van der Waals surface area contributed by atoms with Crippen molar-refractivity contribution in [3.63, 3.8) is 0 Å². The largest absolute Gasteiger partial charge is 0.391 e. The normalized spacial score (nSPS) is 20.9. The number of piperidine rings is 1. The predicted molar refractivity (Wildman–Crippen MR) is 89.9 cm³/mol. The van der Waals surface area contributed by atoms with E-state index in [0.717, 1.165) is 13.0 Å². The van der Waals surface area contributed by atoms with Gasteiger partial charge >= 0.3 is 0 Å². The lowest BCUT2D eigenvalue weighted by Gasteiger charge is -2.28. The number of benzene rings is 1. The molecule has 0 spiro atoms. The van der Waals surface area contributed by atoms with Gasteiger partial charge in [-0.3, -0.25) is 14.2 Å². The van der Waals surface area contributed by atoms with E-state index in [4.69, 9.17) is 0 Å². The lowest BCUT2D eigenvalue weighted by atomic mass is 9.97. The topological polar surface area (TPSA) is 84.2 Å². The molecule has 1 aromatic carbocycles. The smallest absolute Gasteiger partial charge is 0.261 e. The fourth-order valence-electron chi connectivity index (χ4n) is 2.86. The number of fused-ring (bicyclic) bond motifs is 1. The van der Waals surface area contributed by atoms with Crippen LogP contribution in [0.4, 0.5) is 0 Å². The van der Waals surface area contributed by atoms with Crippen LogP contribution in [0.2, 0.25) is 0 Å². The Labute approximate surface area is 139 Å². The zero-order chi connectivity index (χ0) is 15.5. The number of aliphatic hydroxyl groups excluding tert-OH is 1. The first-order valence-electron chi connectivity index (χ1n) is 7.52. The fourth-order valence-corrected chi connectivity index (χ4v) is 2.86. The molecule has 2 heterocycles. The Bertz CT molecular complexity index is 747. The molecule has 23 heavy (non-hydrogen) atoms. The molecule has 7 heteroatoms. The Balaban J connectivity index is 0.00000192. The highest BCUT2D eigenvalue weighted by atomic mass is 35.5. The van der Waals surface area contributed by atoms with Gasteiger partial charge in [0.25, 0.3) is 5.56 Å². The average molecular weight is 338 g/mol. The maximum atomic E-state index is 12.3. The Morgan fingerprint density at radius 1 is 1.39 bits per heavy atom. The van der Waals surface area contributed by atoms with Gasteiger partial charge in [-0.15, -0.1) is 12.4 Å². The van der Waals surface area contributed by atoms with E-state index in [1.165, 1.54) is 10.9 Å². The van der Waals surface area contributed by atoms with Crippen LogP contribution in [0.25, 0.3) is 10.9 Å². The van der Waals surface area contributed by atoms with Crippen LogP contribution >= 0.6 is 12.4 Å². The van der Waals surface area contributed by atoms with E-state index in [1.54, 1.807) is 18.2 Å². The van der Waals surface area contributed by atoms with E-state index < -0.39 is 6.10 Å². The zero-order valence-electron chi connectivity index (χ0n) is 12.6. The monoisotopic (exact) mass is 337 g/mol. The maximum absolute atomic E-state index is 12.3. The molecule has 0 bridgehead atoms. The lowest BCUT2D eigenvalue weighted by molar-refractivity contribution is -0.121. The standard InChI is InChI=1S/C16H19N3O3.ClH/c20-11(8-14-15(21)6-3-7-17-14)9-19-10-18-13-5-2-1-4-12(13)16(19)22;/h1-2,4-5,10,14-15,17,21H,3,6-9H2;1H/t14-,15+;/m1./s1. The van der Waals surface area contributed by atoms with Crippen molar-refractivity contribution in [3.05, 3.63) is 40.9 Å². The van der Waals surface area contributed by atoms with Crippen LogP contribution < -0.4 is 10.9 Å². The number of nitrogens with one attached hydrogen (secondary N) is 1. The van der Waals surface area contributed by atoms with E-state index >= 15 is 0 Å². The number of ketones is 1. The number of hydrogen-bond acceptors (Lipinski definition) is 5. The van der Waals surface area contributed by atoms with Crippen LogP contribution in [-0.2, 0) is 11.3 Å². The fraction of sp³-hybridized carbons (Fsp3) is 0.438. The van der Waals surface area contributed by atoms with Gasteiger partial charge in [-0.05, 0) is 31.5 Å². The molecule has 1 aromatic heterocycles. The molecule has 1 saturated heterocycles. The summed E-state index contributed by atoms with van der Waals surface area (Å²) in [6, 6.07) is 6.86. The van der Waals surface area contributed by atoms with Crippen molar-refractivity contribution in [1.29, 1.82) is 0 Å². The van der Waals surface area contributed by atoms with Gasteiger partial charge in [0.1, 0.15) is 0 Å². The molecule has 1 aliphatic heterocycles. The van der Waals surface area contributed by atoms with Gasteiger partial charge in [-0.25, -0.2) is 4.98 Å². The summed E-state index contributed by atoms with van der Waals surface area (Å²) in [6.07, 6.45) is 2.76. The number of carbonyl (C=O) groups excluding carboxylic acids is 1. The molecule has 124 valence electrons. The number of hydrogen-bond donors (Lipinski definition) is 2. The number of carbonyl (C=O) groups is 1. The number of para-hydroxylation sites is 1. The first-order valence-corrected chi connectivity index (χ1v) is 7.52. The van der Waals surface area contributed by atoms with Crippen molar-refractivity contribution in [3.8, 4) is 0 Å². The van der Waals surface area contributed by atoms with Gasteiger partial charge in [0.05, 0.1) is 29.9 Å². The molecule has 2 N–H and O–H groups in total. The minimum Gasteiger partial charge on any atom is -0.391 e. The van der Waals surface area contributed by atoms with Crippen molar-refractivity contribution in [2.45, 2.75) is 38.0 Å². The summed E-state index contributed by atoms with van der Waals surface area (Å²) in [4.78, 5) is 28.7. The molecule has 6 nitrogen and oxygen atoms in total. The number of halogens is 1. The highest BCUT2D eigenvalue weighted by molar-refractivity contribution is 5.85. The highest BCUT2D eigenvalue weighted by Crippen LogP contribution is 2.12. The summed E-state index contributed by atoms with van der Waals surface area (Å²) in [5, 5.41) is 13.5. The molecule has 2 atom stereocenters. The van der Waals surface area contributed by atoms with Crippen molar-refractivity contribution >= 4 is 29.1 Å². The van der Waals surface area contributed by atoms with Gasteiger partial charge in [0.2, 0.25) is 0 Å². The first kappa shape index (κ1) is 17.6. The quantitative estimate of drug-likeness (QED) is 0.865. The molecule has 0 unspecified atom stereocenters. The van der Waals surface area contributed by atoms with Gasteiger partial charge in [0, 0.05) is 12.5 Å². The van der Waals surface area contributed by atoms with Crippen molar-refractivity contribution in [2.75, 3.05) is 6.54 Å². The van der Waals surface area contributed by atoms with Crippen molar-refractivity contribution < 1.29 is 9.90 Å². The second-order valence-electron chi connectivity index (χ2n) is 5.71. The van der Waals surface area contributed by atoms with Crippen molar-refractivity contribution in [1.82, 2.24) is 14.9 Å². The van der Waals surface area contributed by atoms with Crippen LogP contribution in [0.3, 0.4) is 0 Å². The molecule has 1 fully saturated rings. The molecular weight excluding hydrogens is 318 g/mol. The summed E-state index contributed by atoms with van der Waals surface area (Å²) < 4.78 is 1.33. The van der Waals surface area contributed by atoms with E-state index in [1.807, 2.05) is 6.07 Å². The first-order chi connectivity index (χ1) is 10.6. The van der Waals surface area contributed by atoms with Crippen LogP contribution in [0, 0.1) is 0 Å². The molecule has 1 aliphatic rings. The SMILES string of the molecule is Cl.O=C(C[C@H]1NCCC[C@@H]1O)Cn1cnc2ccccc2c1=O. The van der Waals surface area contributed by atoms with Gasteiger partial charge in [-0.1, -0.05) is 12.1 Å². The molecule has 0 saturated carbocycles. The predicted octanol–water partition coefficient (Wildman–Crippen LogP) is 0.890. The van der Waals surface area contributed by atoms with Crippen LogP contribution in [-0.4, -0.2) is 39.1 Å². The minimum absolute atomic E-state index is 0. The third kappa shape index (κ3) is 3.96. The third-order valence-electron chi connectivity index (χ3n) is 4.07. The van der Waals surface area contributed by atoms with Gasteiger partial charge in [0.15, 0.2) is 5.78 Å². The summed E-state index contributed by atoms with van der Waals surface area (Å²) in [5.41, 5.74) is 0.414. The number of rotatable bonds is 4. The number of Topliss-reactive ketones (excluding diaryl/α,β-unsaturated/α-hetero) is 1. The summed E-state index contributed by atoms with van der Waals surface area (Å²) >= 11 is 0.